The van der Waals surface area contributed by atoms with Crippen molar-refractivity contribution in [3.63, 3.8) is 0 Å². The van der Waals surface area contributed by atoms with Crippen LogP contribution in [0, 0.1) is 17.8 Å². The first kappa shape index (κ1) is 75.8. The van der Waals surface area contributed by atoms with E-state index in [1.165, 1.54) is 84.3 Å². The summed E-state index contributed by atoms with van der Waals surface area (Å²) in [5, 5.41) is 33.8. The summed E-state index contributed by atoms with van der Waals surface area (Å²) in [5.41, 5.74) is 20.0. The number of ether oxygens (including phenoxy) is 5. The number of hydrogen-bond donors (Lipinski definition) is 5. The standard InChI is InChI=1S/C25H38N4O4SSi.C20H30N4O3SSi.C19H24N4O3S.C5H10O2.Na/c1-35(2,3)13-12-33-17-29-24(27-25(28-29)34(30,31)16-18-10-11-32-15-18)26-23-21-8-4-6-19(21)14-20-7-5-9-22(20)23;1-29(2,3)11-10-27-13-24-19(22-20(23-24)28(25)26)21-18-16-8-4-6-14(16)12-15-7-5-9-17(15)18;24-27(25,11-12-7-8-26-10-12)19-21-18(22-23-19)20-17-15-5-1-3-13(15)9-14-4-2-6-16(14)17;6-3-5-1-2-7-4-5;/h14,18H,4-13,15-17H2,1-3H3,(H,26,27,28);12H,4-11,13H2,1-3H3,(H,25,26)(H,21,22,23);9,12H,1-8,10-11H2,(H2,20,21,22,23);5-6H,1-4H2;/q;;;;+1/p-1. The minimum absolute atomic E-state index is 0. The van der Waals surface area contributed by atoms with Gasteiger partial charge in [-0.15, -0.1) is 15.3 Å². The van der Waals surface area contributed by atoms with Crippen LogP contribution >= 0.6 is 0 Å². The molecular weight excluding hydrogens is 1360 g/mol. The Labute approximate surface area is 610 Å². The molecule has 30 heteroatoms. The number of aliphatic hydroxyl groups excluding tert-OH is 1. The van der Waals surface area contributed by atoms with E-state index in [4.69, 9.17) is 28.8 Å². The van der Waals surface area contributed by atoms with Crippen molar-refractivity contribution in [2.75, 3.05) is 86.9 Å². The van der Waals surface area contributed by atoms with E-state index in [9.17, 15) is 25.6 Å². The van der Waals surface area contributed by atoms with Gasteiger partial charge in [-0.2, -0.15) is 15.0 Å². The smallest absolute Gasteiger partial charge is 0.766 e. The summed E-state index contributed by atoms with van der Waals surface area (Å²) in [4.78, 5) is 13.0. The Bertz CT molecular complexity index is 3950. The van der Waals surface area contributed by atoms with Crippen molar-refractivity contribution in [2.45, 2.75) is 215 Å². The molecule has 0 amide bonds. The molecule has 15 rings (SSSR count). The number of benzene rings is 3. The molecule has 5 N–H and O–H groups in total. The van der Waals surface area contributed by atoms with Gasteiger partial charge in [0.2, 0.25) is 47.8 Å². The topological polar surface area (TPSA) is 314 Å². The fraction of sp³-hybridized carbons (Fsp3) is 0.652. The molecular formula is C69H101N12NaO12S3Si2. The van der Waals surface area contributed by atoms with Crippen molar-refractivity contribution >= 4 is 81.8 Å². The molecule has 6 aromatic rings. The number of aryl methyl sites for hydroxylation is 6. The SMILES string of the molecule is C[Si](C)(C)CCOCn1nc(S(=O)(=O)CC2CCOC2)nc1Nc1c2c(cc3c1CCC3)CCC2.C[Si](C)(C)CCOCn1nc(S(=O)[O-])nc1Nc1c2c(cc3c1CCC3)CCC2.O=S(=O)(CC1CCOC1)c1nc(Nc2c3c(cc4c2CCC4)CCC3)n[nH]1.OCC1CCOC1.[Na+]. The second-order valence-corrected chi connectivity index (χ2v) is 46.3. The first-order valence-electron chi connectivity index (χ1n) is 35.7. The number of H-pyrrole nitrogens is 1. The number of nitrogens with one attached hydrogen (secondary N) is 4. The number of hydrogen-bond acceptors (Lipinski definition) is 21. The predicted molar refractivity (Wildman–Crippen MR) is 381 cm³/mol. The Balaban J connectivity index is 0.000000143. The minimum atomic E-state index is -3.63. The van der Waals surface area contributed by atoms with Crippen LogP contribution in [0.1, 0.15) is 125 Å². The second-order valence-electron chi connectivity index (χ2n) is 30.3. The van der Waals surface area contributed by atoms with Crippen molar-refractivity contribution in [3.8, 4) is 0 Å². The summed E-state index contributed by atoms with van der Waals surface area (Å²) in [6.07, 6.45) is 22.5. The Morgan fingerprint density at radius 3 is 1.31 bits per heavy atom. The molecule has 0 bridgehead atoms. The number of aliphatic hydroxyl groups is 1. The van der Waals surface area contributed by atoms with Crippen LogP contribution in [-0.4, -0.2) is 163 Å². The maximum absolute atomic E-state index is 13.2. The normalized spacial score (nSPS) is 19.9. The molecule has 536 valence electrons. The molecule has 6 heterocycles. The third kappa shape index (κ3) is 19.4. The molecule has 3 saturated heterocycles. The van der Waals surface area contributed by atoms with Gasteiger partial charge >= 0.3 is 29.6 Å². The molecule has 99 heavy (non-hydrogen) atoms. The number of anilines is 6. The first-order valence-corrected chi connectivity index (χ1v) is 47.5. The van der Waals surface area contributed by atoms with Crippen LogP contribution in [0.4, 0.5) is 34.9 Å². The molecule has 0 radical (unpaired) electrons. The van der Waals surface area contributed by atoms with Crippen LogP contribution in [0.25, 0.3) is 0 Å². The van der Waals surface area contributed by atoms with E-state index in [-0.39, 0.29) is 81.8 Å². The number of aromatic nitrogens is 9. The Hall–Kier alpha value is -4.32. The molecule has 9 aliphatic rings. The summed E-state index contributed by atoms with van der Waals surface area (Å²) in [7, 11) is -9.54. The van der Waals surface area contributed by atoms with Crippen molar-refractivity contribution in [2.24, 2.45) is 17.8 Å². The summed E-state index contributed by atoms with van der Waals surface area (Å²) >= 11 is -2.48. The molecule has 3 fully saturated rings. The monoisotopic (exact) mass is 1460 g/mol. The van der Waals surface area contributed by atoms with Crippen LogP contribution in [0.5, 0.6) is 0 Å². The van der Waals surface area contributed by atoms with E-state index >= 15 is 0 Å². The number of rotatable bonds is 24. The van der Waals surface area contributed by atoms with Crippen molar-refractivity contribution in [3.05, 3.63) is 85.0 Å². The minimum Gasteiger partial charge on any atom is -0.766 e. The van der Waals surface area contributed by atoms with Gasteiger partial charge in [0.25, 0.3) is 5.16 Å². The van der Waals surface area contributed by atoms with Crippen LogP contribution in [0.15, 0.2) is 33.7 Å². The van der Waals surface area contributed by atoms with E-state index in [0.717, 1.165) is 164 Å². The van der Waals surface area contributed by atoms with Crippen LogP contribution in [0.3, 0.4) is 0 Å². The summed E-state index contributed by atoms with van der Waals surface area (Å²) in [5.74, 6) is 1.76. The zero-order valence-electron chi connectivity index (χ0n) is 59.2. The average molecular weight is 1470 g/mol. The van der Waals surface area contributed by atoms with Gasteiger partial charge in [-0.05, 0) is 226 Å². The maximum atomic E-state index is 13.2. The zero-order chi connectivity index (χ0) is 68.8. The van der Waals surface area contributed by atoms with Crippen molar-refractivity contribution < 1.29 is 83.9 Å². The quantitative estimate of drug-likeness (QED) is 0.0231. The van der Waals surface area contributed by atoms with Crippen LogP contribution < -0.4 is 45.5 Å². The number of sulfone groups is 2. The number of fused-ring (bicyclic) bond motifs is 6. The van der Waals surface area contributed by atoms with Gasteiger partial charge in [0, 0.05) is 89.8 Å². The fourth-order valence-corrected chi connectivity index (χ4v) is 19.7. The Kier molecular flexibility index (Phi) is 25.8. The first-order chi connectivity index (χ1) is 47.0. The average Bonchev–Trinajstić information content (AvgIpc) is 2.07. The molecule has 3 aromatic carbocycles. The third-order valence-electron chi connectivity index (χ3n) is 20.3. The van der Waals surface area contributed by atoms with Gasteiger partial charge < -0.3 is 49.3 Å². The molecule has 3 aliphatic heterocycles. The number of aromatic amines is 1. The zero-order valence-corrected chi connectivity index (χ0v) is 65.6. The van der Waals surface area contributed by atoms with Gasteiger partial charge in [0.1, 0.15) is 13.5 Å². The van der Waals surface area contributed by atoms with Crippen molar-refractivity contribution in [1.82, 2.24) is 44.7 Å². The van der Waals surface area contributed by atoms with Crippen LogP contribution in [-0.2, 0) is 145 Å². The second kappa shape index (κ2) is 33.6. The summed E-state index contributed by atoms with van der Waals surface area (Å²) < 4.78 is 105. The molecule has 4 atom stereocenters. The molecule has 3 aromatic heterocycles. The molecule has 0 saturated carbocycles. The van der Waals surface area contributed by atoms with Gasteiger partial charge in [0.05, 0.1) is 31.3 Å². The molecule has 4 unspecified atom stereocenters. The number of nitrogens with zero attached hydrogens (tertiary/aromatic N) is 8. The van der Waals surface area contributed by atoms with Gasteiger partial charge in [-0.1, -0.05) is 57.5 Å². The van der Waals surface area contributed by atoms with Gasteiger partial charge in [-0.25, -0.2) is 31.3 Å². The van der Waals surface area contributed by atoms with E-state index in [2.05, 4.69) is 109 Å². The summed E-state index contributed by atoms with van der Waals surface area (Å²) in [6, 6.07) is 9.21. The van der Waals surface area contributed by atoms with E-state index in [0.29, 0.717) is 70.0 Å². The van der Waals surface area contributed by atoms with E-state index in [1.807, 2.05) is 0 Å². The van der Waals surface area contributed by atoms with E-state index in [1.54, 1.807) is 4.68 Å². The molecule has 6 aliphatic carbocycles. The van der Waals surface area contributed by atoms with Crippen LogP contribution in [0.2, 0.25) is 51.4 Å². The Morgan fingerprint density at radius 1 is 0.556 bits per heavy atom. The fourth-order valence-electron chi connectivity index (χ4n) is 14.9. The van der Waals surface area contributed by atoms with E-state index < -0.39 is 46.9 Å². The van der Waals surface area contributed by atoms with Crippen molar-refractivity contribution in [1.29, 1.82) is 0 Å². The molecule has 0 spiro atoms. The van der Waals surface area contributed by atoms with Gasteiger partial charge in [0.15, 0.2) is 0 Å². The Morgan fingerprint density at radius 2 is 0.939 bits per heavy atom. The molecule has 24 nitrogen and oxygen atoms in total. The predicted octanol–water partition coefficient (Wildman–Crippen LogP) is 7.03. The largest absolute Gasteiger partial charge is 1.00 e. The summed E-state index contributed by atoms with van der Waals surface area (Å²) in [6.45, 7) is 19.6. The maximum Gasteiger partial charge on any atom is 1.00 e. The third-order valence-corrected chi connectivity index (χ3v) is 27.5. The van der Waals surface area contributed by atoms with Gasteiger partial charge in [-0.3, -0.25) is 4.21 Å².